The zero-order valence-electron chi connectivity index (χ0n) is 11.7. The number of rotatable bonds is 3. The summed E-state index contributed by atoms with van der Waals surface area (Å²) < 4.78 is 38.5. The fourth-order valence-corrected chi connectivity index (χ4v) is 2.62. The molecule has 0 spiro atoms. The summed E-state index contributed by atoms with van der Waals surface area (Å²) in [6, 6.07) is 4.69. The van der Waals surface area contributed by atoms with Gasteiger partial charge in [-0.15, -0.1) is 0 Å². The van der Waals surface area contributed by atoms with Crippen LogP contribution in [0.15, 0.2) is 18.2 Å². The van der Waals surface area contributed by atoms with Crippen molar-refractivity contribution in [2.24, 2.45) is 5.73 Å². The Bertz CT molecular complexity index is 471. The zero-order valence-corrected chi connectivity index (χ0v) is 11.7. The summed E-state index contributed by atoms with van der Waals surface area (Å²) in [4.78, 5) is 4.26. The lowest BCUT2D eigenvalue weighted by atomic mass is 10.1. The van der Waals surface area contributed by atoms with Crippen LogP contribution in [0.5, 0.6) is 0 Å². The number of nitrogens with zero attached hydrogens (tertiary/aromatic N) is 2. The van der Waals surface area contributed by atoms with Crippen LogP contribution >= 0.6 is 0 Å². The Labute approximate surface area is 117 Å². The van der Waals surface area contributed by atoms with Crippen LogP contribution in [-0.2, 0) is 12.7 Å². The van der Waals surface area contributed by atoms with Crippen molar-refractivity contribution in [2.45, 2.75) is 25.2 Å². The van der Waals surface area contributed by atoms with E-state index in [1.54, 1.807) is 12.1 Å². The molecule has 6 heteroatoms. The molecule has 0 bridgehead atoms. The molecular weight excluding hydrogens is 267 g/mol. The van der Waals surface area contributed by atoms with Gasteiger partial charge in [-0.1, -0.05) is 0 Å². The van der Waals surface area contributed by atoms with E-state index >= 15 is 0 Å². The highest BCUT2D eigenvalue weighted by molar-refractivity contribution is 5.52. The van der Waals surface area contributed by atoms with Gasteiger partial charge in [0.15, 0.2) is 0 Å². The minimum absolute atomic E-state index is 0.104. The first-order valence-electron chi connectivity index (χ1n) is 6.64. The molecular formula is C14H20F3N3. The molecule has 1 aliphatic rings. The van der Waals surface area contributed by atoms with Gasteiger partial charge in [0, 0.05) is 31.4 Å². The molecule has 1 saturated heterocycles. The van der Waals surface area contributed by atoms with Crippen LogP contribution in [0, 0.1) is 0 Å². The maximum Gasteiger partial charge on any atom is 0.416 e. The van der Waals surface area contributed by atoms with Gasteiger partial charge in [-0.2, -0.15) is 13.2 Å². The monoisotopic (exact) mass is 287 g/mol. The molecule has 0 radical (unpaired) electrons. The van der Waals surface area contributed by atoms with Crippen LogP contribution in [0.2, 0.25) is 0 Å². The Morgan fingerprint density at radius 1 is 1.35 bits per heavy atom. The van der Waals surface area contributed by atoms with Gasteiger partial charge in [0.2, 0.25) is 0 Å². The Kier molecular flexibility index (Phi) is 4.25. The number of alkyl halides is 3. The van der Waals surface area contributed by atoms with Crippen molar-refractivity contribution < 1.29 is 13.2 Å². The molecule has 1 unspecified atom stereocenters. The third-order valence-electron chi connectivity index (χ3n) is 3.87. The van der Waals surface area contributed by atoms with E-state index in [-0.39, 0.29) is 12.1 Å². The second-order valence-corrected chi connectivity index (χ2v) is 5.40. The van der Waals surface area contributed by atoms with Crippen LogP contribution in [0.25, 0.3) is 0 Å². The van der Waals surface area contributed by atoms with Crippen molar-refractivity contribution in [3.05, 3.63) is 29.3 Å². The average molecular weight is 287 g/mol. The van der Waals surface area contributed by atoms with Crippen LogP contribution in [-0.4, -0.2) is 38.1 Å². The first kappa shape index (κ1) is 15.1. The Morgan fingerprint density at radius 2 is 2.05 bits per heavy atom. The molecule has 1 aromatic rings. The number of hydrogen-bond donors (Lipinski definition) is 1. The normalized spacial score (nSPS) is 19.9. The standard InChI is InChI=1S/C14H20F3N3/c1-19(2)12-5-6-20(9-12)11-3-4-13(14(15,16)17)10(7-11)8-18/h3-4,7,12H,5-6,8-9,18H2,1-2H3. The summed E-state index contributed by atoms with van der Waals surface area (Å²) in [5.74, 6) is 0. The van der Waals surface area contributed by atoms with Gasteiger partial charge in [-0.3, -0.25) is 0 Å². The summed E-state index contributed by atoms with van der Waals surface area (Å²) in [5.41, 5.74) is 5.81. The highest BCUT2D eigenvalue weighted by atomic mass is 19.4. The third kappa shape index (κ3) is 3.07. The third-order valence-corrected chi connectivity index (χ3v) is 3.87. The van der Waals surface area contributed by atoms with Crippen LogP contribution in [0.4, 0.5) is 18.9 Å². The maximum absolute atomic E-state index is 12.8. The summed E-state index contributed by atoms with van der Waals surface area (Å²) in [6.07, 6.45) is -3.32. The van der Waals surface area contributed by atoms with Gasteiger partial charge in [-0.25, -0.2) is 0 Å². The number of hydrogen-bond acceptors (Lipinski definition) is 3. The molecule has 2 rings (SSSR count). The zero-order chi connectivity index (χ0) is 14.9. The van der Waals surface area contributed by atoms with E-state index in [0.717, 1.165) is 31.3 Å². The van der Waals surface area contributed by atoms with Gasteiger partial charge < -0.3 is 15.5 Å². The molecule has 112 valence electrons. The molecule has 0 aliphatic carbocycles. The summed E-state index contributed by atoms with van der Waals surface area (Å²) in [5, 5.41) is 0. The Morgan fingerprint density at radius 3 is 2.55 bits per heavy atom. The minimum atomic E-state index is -4.34. The van der Waals surface area contributed by atoms with E-state index in [1.165, 1.54) is 0 Å². The average Bonchev–Trinajstić information content (AvgIpc) is 2.86. The molecule has 0 amide bonds. The SMILES string of the molecule is CN(C)C1CCN(c2ccc(C(F)(F)F)c(CN)c2)C1. The number of likely N-dealkylation sites (N-methyl/N-ethyl adjacent to an activating group) is 1. The summed E-state index contributed by atoms with van der Waals surface area (Å²) in [7, 11) is 4.04. The highest BCUT2D eigenvalue weighted by Crippen LogP contribution is 2.34. The Hall–Kier alpha value is -1.27. The molecule has 1 aromatic carbocycles. The van der Waals surface area contributed by atoms with E-state index in [0.29, 0.717) is 6.04 Å². The molecule has 1 aliphatic heterocycles. The lowest BCUT2D eigenvalue weighted by molar-refractivity contribution is -0.138. The largest absolute Gasteiger partial charge is 0.416 e. The Balaban J connectivity index is 2.23. The summed E-state index contributed by atoms with van der Waals surface area (Å²) in [6.45, 7) is 1.59. The van der Waals surface area contributed by atoms with Crippen LogP contribution in [0.3, 0.4) is 0 Å². The van der Waals surface area contributed by atoms with E-state index in [9.17, 15) is 13.2 Å². The van der Waals surface area contributed by atoms with E-state index < -0.39 is 11.7 Å². The van der Waals surface area contributed by atoms with Crippen molar-refractivity contribution in [3.63, 3.8) is 0 Å². The van der Waals surface area contributed by atoms with Gasteiger partial charge in [-0.05, 0) is 44.3 Å². The number of halogens is 3. The predicted molar refractivity (Wildman–Crippen MR) is 73.6 cm³/mol. The van der Waals surface area contributed by atoms with E-state index in [2.05, 4.69) is 9.80 Å². The van der Waals surface area contributed by atoms with Crippen molar-refractivity contribution in [1.82, 2.24) is 4.90 Å². The number of benzene rings is 1. The molecule has 20 heavy (non-hydrogen) atoms. The molecule has 3 nitrogen and oxygen atoms in total. The lowest BCUT2D eigenvalue weighted by Gasteiger charge is -2.23. The molecule has 1 heterocycles. The second kappa shape index (κ2) is 5.61. The molecule has 1 fully saturated rings. The van der Waals surface area contributed by atoms with Crippen molar-refractivity contribution in [2.75, 3.05) is 32.1 Å². The van der Waals surface area contributed by atoms with Gasteiger partial charge >= 0.3 is 6.18 Å². The van der Waals surface area contributed by atoms with Gasteiger partial charge in [0.05, 0.1) is 5.56 Å². The van der Waals surface area contributed by atoms with Crippen LogP contribution in [0.1, 0.15) is 17.5 Å². The van der Waals surface area contributed by atoms with Crippen LogP contribution < -0.4 is 10.6 Å². The van der Waals surface area contributed by atoms with Crippen molar-refractivity contribution in [3.8, 4) is 0 Å². The fraction of sp³-hybridized carbons (Fsp3) is 0.571. The molecule has 1 atom stereocenters. The lowest BCUT2D eigenvalue weighted by Crippen LogP contribution is -2.31. The quantitative estimate of drug-likeness (QED) is 0.926. The summed E-state index contributed by atoms with van der Waals surface area (Å²) >= 11 is 0. The molecule has 0 aromatic heterocycles. The molecule has 0 saturated carbocycles. The van der Waals surface area contributed by atoms with Crippen molar-refractivity contribution in [1.29, 1.82) is 0 Å². The first-order chi connectivity index (χ1) is 9.32. The number of nitrogens with two attached hydrogens (primary N) is 1. The smallest absolute Gasteiger partial charge is 0.370 e. The first-order valence-corrected chi connectivity index (χ1v) is 6.64. The fourth-order valence-electron chi connectivity index (χ4n) is 2.62. The van der Waals surface area contributed by atoms with Gasteiger partial charge in [0.1, 0.15) is 0 Å². The second-order valence-electron chi connectivity index (χ2n) is 5.40. The van der Waals surface area contributed by atoms with Crippen molar-refractivity contribution >= 4 is 5.69 Å². The van der Waals surface area contributed by atoms with E-state index in [1.807, 2.05) is 14.1 Å². The maximum atomic E-state index is 12.8. The predicted octanol–water partition coefficient (Wildman–Crippen LogP) is 2.30. The van der Waals surface area contributed by atoms with E-state index in [4.69, 9.17) is 5.73 Å². The number of anilines is 1. The van der Waals surface area contributed by atoms with Gasteiger partial charge in [0.25, 0.3) is 0 Å². The topological polar surface area (TPSA) is 32.5 Å². The minimum Gasteiger partial charge on any atom is -0.370 e. The molecule has 2 N–H and O–H groups in total. The highest BCUT2D eigenvalue weighted by Gasteiger charge is 2.33.